The summed E-state index contributed by atoms with van der Waals surface area (Å²) in [5.74, 6) is -0.222. The second kappa shape index (κ2) is 6.44. The molecule has 0 bridgehead atoms. The van der Waals surface area contributed by atoms with Gasteiger partial charge in [0.2, 0.25) is 0 Å². The van der Waals surface area contributed by atoms with Gasteiger partial charge in [-0.2, -0.15) is 0 Å². The summed E-state index contributed by atoms with van der Waals surface area (Å²) in [7, 11) is 0. The lowest BCUT2D eigenvalue weighted by Gasteiger charge is -2.10. The molecule has 0 unspecified atom stereocenters. The van der Waals surface area contributed by atoms with Crippen molar-refractivity contribution in [3.05, 3.63) is 52.6 Å². The van der Waals surface area contributed by atoms with Gasteiger partial charge in [0.15, 0.2) is 16.7 Å². The highest BCUT2D eigenvalue weighted by atomic mass is 79.9. The molecule has 0 saturated carbocycles. The van der Waals surface area contributed by atoms with E-state index in [4.69, 9.17) is 12.2 Å². The maximum Gasteiger partial charge on any atom is 0.258 e. The Kier molecular flexibility index (Phi) is 4.65. The number of hydrogen-bond donors (Lipinski definition) is 3. The van der Waals surface area contributed by atoms with E-state index in [9.17, 15) is 9.90 Å². The second-order valence-corrected chi connectivity index (χ2v) is 5.02. The number of halogens is 1. The number of pyridine rings is 1. The lowest BCUT2D eigenvalue weighted by atomic mass is 10.2. The number of thiocarbonyl (C=S) groups is 1. The summed E-state index contributed by atoms with van der Waals surface area (Å²) in [6, 6.07) is 10.0. The van der Waals surface area contributed by atoms with Crippen molar-refractivity contribution in [3.8, 4) is 5.75 Å². The predicted octanol–water partition coefficient (Wildman–Crippen LogP) is 2.68. The molecule has 0 radical (unpaired) electrons. The van der Waals surface area contributed by atoms with Gasteiger partial charge >= 0.3 is 0 Å². The van der Waals surface area contributed by atoms with E-state index in [1.165, 1.54) is 12.3 Å². The highest BCUT2D eigenvalue weighted by Gasteiger charge is 2.12. The van der Waals surface area contributed by atoms with Gasteiger partial charge < -0.3 is 10.4 Å². The fourth-order valence-corrected chi connectivity index (χ4v) is 2.10. The van der Waals surface area contributed by atoms with E-state index in [1.807, 2.05) is 6.07 Å². The van der Waals surface area contributed by atoms with Crippen LogP contribution in [0, 0.1) is 0 Å². The number of nitrogens with one attached hydrogen (secondary N) is 2. The molecule has 0 aliphatic carbocycles. The monoisotopic (exact) mass is 351 g/mol. The molecule has 0 saturated heterocycles. The Bertz CT molecular complexity index is 664. The highest BCUT2D eigenvalue weighted by molar-refractivity contribution is 9.10. The van der Waals surface area contributed by atoms with Crippen molar-refractivity contribution >= 4 is 45.0 Å². The molecular weight excluding hydrogens is 342 g/mol. The average Bonchev–Trinajstić information content (AvgIpc) is 2.41. The Morgan fingerprint density at radius 3 is 2.70 bits per heavy atom. The number of benzene rings is 1. The zero-order chi connectivity index (χ0) is 14.5. The van der Waals surface area contributed by atoms with Crippen molar-refractivity contribution in [2.24, 2.45) is 0 Å². The number of hydrogen-bond acceptors (Lipinski definition) is 4. The molecule has 102 valence electrons. The van der Waals surface area contributed by atoms with Crippen LogP contribution in [0.1, 0.15) is 10.4 Å². The summed E-state index contributed by atoms with van der Waals surface area (Å²) in [4.78, 5) is 15.9. The van der Waals surface area contributed by atoms with Crippen molar-refractivity contribution in [2.75, 3.05) is 5.32 Å². The van der Waals surface area contributed by atoms with E-state index in [2.05, 4.69) is 31.5 Å². The number of amides is 1. The lowest BCUT2D eigenvalue weighted by Crippen LogP contribution is -2.34. The topological polar surface area (TPSA) is 74.2 Å². The molecule has 0 aliphatic rings. The van der Waals surface area contributed by atoms with Gasteiger partial charge in [0, 0.05) is 10.7 Å². The van der Waals surface area contributed by atoms with Crippen molar-refractivity contribution in [2.45, 2.75) is 0 Å². The number of aromatic hydroxyl groups is 1. The van der Waals surface area contributed by atoms with E-state index >= 15 is 0 Å². The first-order valence-corrected chi connectivity index (χ1v) is 6.79. The molecule has 1 amide bonds. The summed E-state index contributed by atoms with van der Waals surface area (Å²) in [6.07, 6.45) is 1.50. The number of anilines is 1. The van der Waals surface area contributed by atoms with Crippen LogP contribution in [0.3, 0.4) is 0 Å². The minimum Gasteiger partial charge on any atom is -0.504 e. The van der Waals surface area contributed by atoms with Crippen molar-refractivity contribution in [1.82, 2.24) is 10.3 Å². The van der Waals surface area contributed by atoms with Gasteiger partial charge in [-0.1, -0.05) is 12.1 Å². The largest absolute Gasteiger partial charge is 0.504 e. The molecule has 7 heteroatoms. The molecule has 20 heavy (non-hydrogen) atoms. The van der Waals surface area contributed by atoms with Gasteiger partial charge in [-0.15, -0.1) is 0 Å². The first-order chi connectivity index (χ1) is 9.58. The molecule has 1 heterocycles. The maximum absolute atomic E-state index is 12.0. The number of rotatable bonds is 2. The summed E-state index contributed by atoms with van der Waals surface area (Å²) in [6.45, 7) is 0. The maximum atomic E-state index is 12.0. The van der Waals surface area contributed by atoms with E-state index in [0.717, 1.165) is 0 Å². The molecular formula is C13H10BrN3O2S. The van der Waals surface area contributed by atoms with Crippen LogP contribution in [0.4, 0.5) is 5.82 Å². The second-order valence-electron chi connectivity index (χ2n) is 3.76. The van der Waals surface area contributed by atoms with Crippen LogP contribution in [0.5, 0.6) is 5.75 Å². The van der Waals surface area contributed by atoms with Crippen molar-refractivity contribution in [3.63, 3.8) is 0 Å². The van der Waals surface area contributed by atoms with Crippen LogP contribution >= 0.6 is 28.1 Å². The lowest BCUT2D eigenvalue weighted by molar-refractivity contribution is 0.0977. The quantitative estimate of drug-likeness (QED) is 0.725. The Labute approximate surface area is 129 Å². The Hall–Kier alpha value is -1.99. The molecule has 3 N–H and O–H groups in total. The van der Waals surface area contributed by atoms with Crippen LogP contribution in [0.2, 0.25) is 0 Å². The van der Waals surface area contributed by atoms with Crippen LogP contribution in [-0.2, 0) is 0 Å². The molecule has 0 atom stereocenters. The summed E-state index contributed by atoms with van der Waals surface area (Å²) < 4.78 is 0.668. The summed E-state index contributed by atoms with van der Waals surface area (Å²) in [5.41, 5.74) is 0.460. The van der Waals surface area contributed by atoms with Gasteiger partial charge in [0.1, 0.15) is 0 Å². The normalized spacial score (nSPS) is 9.85. The number of nitrogens with zero attached hydrogens (tertiary/aromatic N) is 1. The average molecular weight is 352 g/mol. The zero-order valence-electron chi connectivity index (χ0n) is 10.1. The SMILES string of the molecule is O=C(NC(=S)Nc1ncccc1O)c1ccccc1Br. The van der Waals surface area contributed by atoms with Crippen LogP contribution in [0.15, 0.2) is 47.1 Å². The molecule has 1 aromatic carbocycles. The number of carbonyl (C=O) groups is 1. The van der Waals surface area contributed by atoms with Crippen LogP contribution < -0.4 is 10.6 Å². The molecule has 2 aromatic rings. The summed E-state index contributed by atoms with van der Waals surface area (Å²) >= 11 is 8.29. The van der Waals surface area contributed by atoms with Gasteiger partial charge in [-0.25, -0.2) is 4.98 Å². The Morgan fingerprint density at radius 2 is 2.00 bits per heavy atom. The van der Waals surface area contributed by atoms with E-state index in [0.29, 0.717) is 10.0 Å². The number of aromatic nitrogens is 1. The van der Waals surface area contributed by atoms with E-state index < -0.39 is 0 Å². The molecule has 2 rings (SSSR count). The van der Waals surface area contributed by atoms with Gasteiger partial charge in [-0.3, -0.25) is 10.1 Å². The predicted molar refractivity (Wildman–Crippen MR) is 83.7 cm³/mol. The Morgan fingerprint density at radius 1 is 1.25 bits per heavy atom. The molecule has 1 aromatic heterocycles. The first-order valence-electron chi connectivity index (χ1n) is 5.59. The van der Waals surface area contributed by atoms with Crippen molar-refractivity contribution < 1.29 is 9.90 Å². The van der Waals surface area contributed by atoms with Crippen molar-refractivity contribution in [1.29, 1.82) is 0 Å². The van der Waals surface area contributed by atoms with Crippen LogP contribution in [0.25, 0.3) is 0 Å². The number of carbonyl (C=O) groups excluding carboxylic acids is 1. The smallest absolute Gasteiger partial charge is 0.258 e. The third-order valence-corrected chi connectivity index (χ3v) is 3.26. The van der Waals surface area contributed by atoms with E-state index in [1.54, 1.807) is 24.3 Å². The fourth-order valence-electron chi connectivity index (χ4n) is 1.45. The summed E-state index contributed by atoms with van der Waals surface area (Å²) in [5, 5.41) is 14.8. The highest BCUT2D eigenvalue weighted by Crippen LogP contribution is 2.18. The third-order valence-electron chi connectivity index (χ3n) is 2.36. The first kappa shape index (κ1) is 14.4. The standard InChI is InChI=1S/C13H10BrN3O2S/c14-9-5-2-1-4-8(9)12(19)17-13(20)16-11-10(18)6-3-7-15-11/h1-7,18H,(H2,15,16,17,19,20). The minimum absolute atomic E-state index is 0.0509. The molecule has 5 nitrogen and oxygen atoms in total. The van der Waals surface area contributed by atoms with Gasteiger partial charge in [0.25, 0.3) is 5.91 Å². The molecule has 0 fully saturated rings. The van der Waals surface area contributed by atoms with Crippen LogP contribution in [-0.4, -0.2) is 21.1 Å². The fraction of sp³-hybridized carbons (Fsp3) is 0. The minimum atomic E-state index is -0.356. The third kappa shape index (κ3) is 3.52. The molecule has 0 spiro atoms. The van der Waals surface area contributed by atoms with Gasteiger partial charge in [0.05, 0.1) is 5.56 Å². The Balaban J connectivity index is 2.04. The van der Waals surface area contributed by atoms with E-state index in [-0.39, 0.29) is 22.6 Å². The van der Waals surface area contributed by atoms with Gasteiger partial charge in [-0.05, 0) is 52.4 Å². The molecule has 0 aliphatic heterocycles. The zero-order valence-corrected chi connectivity index (χ0v) is 12.5.